The largest absolute Gasteiger partial charge is 0.349 e. The van der Waals surface area contributed by atoms with Gasteiger partial charge < -0.3 is 16.4 Å². The first-order valence-electron chi connectivity index (χ1n) is 7.58. The SMILES string of the molecule is Cl.NC1(C(=O)Nc2ccc(C(=O)NC3CCCC3)cc2)CC1. The number of benzene rings is 1. The van der Waals surface area contributed by atoms with E-state index in [2.05, 4.69) is 10.6 Å². The third-order valence-corrected chi connectivity index (χ3v) is 4.34. The molecule has 3 rings (SSSR count). The van der Waals surface area contributed by atoms with Gasteiger partial charge in [-0.2, -0.15) is 0 Å². The fourth-order valence-corrected chi connectivity index (χ4v) is 2.66. The van der Waals surface area contributed by atoms with Crippen LogP contribution in [-0.4, -0.2) is 23.4 Å². The molecule has 2 fully saturated rings. The molecule has 0 bridgehead atoms. The maximum absolute atomic E-state index is 12.1. The molecule has 1 aromatic carbocycles. The number of hydrogen-bond acceptors (Lipinski definition) is 3. The quantitative estimate of drug-likeness (QED) is 0.794. The number of hydrogen-bond donors (Lipinski definition) is 3. The fourth-order valence-electron chi connectivity index (χ4n) is 2.66. The van der Waals surface area contributed by atoms with Crippen LogP contribution < -0.4 is 16.4 Å². The number of nitrogens with one attached hydrogen (secondary N) is 2. The molecule has 5 nitrogen and oxygen atoms in total. The van der Waals surface area contributed by atoms with Gasteiger partial charge in [0.1, 0.15) is 0 Å². The van der Waals surface area contributed by atoms with Crippen molar-refractivity contribution >= 4 is 29.9 Å². The predicted molar refractivity (Wildman–Crippen MR) is 88.2 cm³/mol. The Morgan fingerprint density at radius 3 is 2.23 bits per heavy atom. The van der Waals surface area contributed by atoms with Crippen molar-refractivity contribution in [2.75, 3.05) is 5.32 Å². The summed E-state index contributed by atoms with van der Waals surface area (Å²) in [5, 5.41) is 5.83. The van der Waals surface area contributed by atoms with E-state index in [0.29, 0.717) is 17.3 Å². The van der Waals surface area contributed by atoms with Crippen LogP contribution in [0.2, 0.25) is 0 Å². The molecule has 4 N–H and O–H groups in total. The standard InChI is InChI=1S/C16H21N3O2.ClH/c17-16(9-10-16)15(21)19-13-7-5-11(6-8-13)14(20)18-12-3-1-2-4-12;/h5-8,12H,1-4,9-10,17H2,(H,18,20)(H,19,21);1H. The van der Waals surface area contributed by atoms with E-state index >= 15 is 0 Å². The molecule has 0 spiro atoms. The molecule has 0 unspecified atom stereocenters. The molecule has 2 saturated carbocycles. The van der Waals surface area contributed by atoms with Crippen LogP contribution in [-0.2, 0) is 4.79 Å². The van der Waals surface area contributed by atoms with E-state index in [0.717, 1.165) is 25.7 Å². The van der Waals surface area contributed by atoms with Crippen molar-refractivity contribution < 1.29 is 9.59 Å². The Hall–Kier alpha value is -1.59. The molecule has 0 saturated heterocycles. The Morgan fingerprint density at radius 2 is 1.68 bits per heavy atom. The van der Waals surface area contributed by atoms with Gasteiger partial charge in [-0.05, 0) is 49.9 Å². The lowest BCUT2D eigenvalue weighted by molar-refractivity contribution is -0.118. The zero-order valence-electron chi connectivity index (χ0n) is 12.4. The van der Waals surface area contributed by atoms with Crippen LogP contribution in [0.15, 0.2) is 24.3 Å². The van der Waals surface area contributed by atoms with Crippen LogP contribution in [0.1, 0.15) is 48.9 Å². The van der Waals surface area contributed by atoms with Crippen LogP contribution in [0.3, 0.4) is 0 Å². The molecule has 0 aromatic heterocycles. The molecular formula is C16H22ClN3O2. The Morgan fingerprint density at radius 1 is 1.09 bits per heavy atom. The van der Waals surface area contributed by atoms with E-state index in [-0.39, 0.29) is 24.2 Å². The van der Waals surface area contributed by atoms with E-state index < -0.39 is 5.54 Å². The van der Waals surface area contributed by atoms with Crippen molar-refractivity contribution in [3.8, 4) is 0 Å². The van der Waals surface area contributed by atoms with Crippen LogP contribution in [0.25, 0.3) is 0 Å². The van der Waals surface area contributed by atoms with Gasteiger partial charge >= 0.3 is 0 Å². The van der Waals surface area contributed by atoms with Crippen molar-refractivity contribution in [2.24, 2.45) is 5.73 Å². The summed E-state index contributed by atoms with van der Waals surface area (Å²) < 4.78 is 0. The first-order chi connectivity index (χ1) is 10.1. The minimum absolute atomic E-state index is 0. The summed E-state index contributed by atoms with van der Waals surface area (Å²) >= 11 is 0. The summed E-state index contributed by atoms with van der Waals surface area (Å²) in [5.74, 6) is -0.192. The van der Waals surface area contributed by atoms with Gasteiger partial charge in [0, 0.05) is 17.3 Å². The van der Waals surface area contributed by atoms with E-state index in [1.165, 1.54) is 12.8 Å². The second-order valence-corrected chi connectivity index (χ2v) is 6.14. The summed E-state index contributed by atoms with van der Waals surface area (Å²) in [6, 6.07) is 7.26. The molecule has 0 aliphatic heterocycles. The van der Waals surface area contributed by atoms with E-state index in [4.69, 9.17) is 5.73 Å². The third-order valence-electron chi connectivity index (χ3n) is 4.34. The minimum Gasteiger partial charge on any atom is -0.349 e. The Balaban J connectivity index is 0.00000176. The number of nitrogens with two attached hydrogens (primary N) is 1. The van der Waals surface area contributed by atoms with Crippen LogP contribution in [0.5, 0.6) is 0 Å². The molecule has 2 aliphatic rings. The summed E-state index contributed by atoms with van der Waals surface area (Å²) in [5.41, 5.74) is 6.44. The molecule has 2 aliphatic carbocycles. The lowest BCUT2D eigenvalue weighted by Crippen LogP contribution is -2.37. The summed E-state index contributed by atoms with van der Waals surface area (Å²) in [6.07, 6.45) is 5.99. The summed E-state index contributed by atoms with van der Waals surface area (Å²) in [7, 11) is 0. The predicted octanol–water partition coefficient (Wildman–Crippen LogP) is 2.21. The second-order valence-electron chi connectivity index (χ2n) is 6.14. The smallest absolute Gasteiger partial charge is 0.251 e. The molecule has 120 valence electrons. The highest BCUT2D eigenvalue weighted by Gasteiger charge is 2.45. The van der Waals surface area contributed by atoms with E-state index in [1.54, 1.807) is 24.3 Å². The molecule has 0 radical (unpaired) electrons. The minimum atomic E-state index is -0.682. The van der Waals surface area contributed by atoms with Gasteiger partial charge in [0.15, 0.2) is 0 Å². The lowest BCUT2D eigenvalue weighted by Gasteiger charge is -2.13. The Labute approximate surface area is 136 Å². The average molecular weight is 324 g/mol. The first-order valence-corrected chi connectivity index (χ1v) is 7.58. The van der Waals surface area contributed by atoms with Gasteiger partial charge in [-0.3, -0.25) is 9.59 Å². The number of anilines is 1. The second kappa shape index (κ2) is 6.67. The van der Waals surface area contributed by atoms with Crippen molar-refractivity contribution in [2.45, 2.75) is 50.1 Å². The molecule has 22 heavy (non-hydrogen) atoms. The van der Waals surface area contributed by atoms with Crippen molar-refractivity contribution in [3.63, 3.8) is 0 Å². The van der Waals surface area contributed by atoms with Gasteiger partial charge in [0.2, 0.25) is 5.91 Å². The molecule has 0 atom stereocenters. The van der Waals surface area contributed by atoms with Crippen LogP contribution >= 0.6 is 12.4 Å². The topological polar surface area (TPSA) is 84.2 Å². The highest BCUT2D eigenvalue weighted by molar-refractivity contribution is 6.00. The number of carbonyl (C=O) groups excluding carboxylic acids is 2. The number of amides is 2. The number of carbonyl (C=O) groups is 2. The number of halogens is 1. The maximum atomic E-state index is 12.1. The zero-order chi connectivity index (χ0) is 14.9. The normalized spacial score (nSPS) is 19.1. The molecular weight excluding hydrogens is 302 g/mol. The molecule has 1 aromatic rings. The third kappa shape index (κ3) is 3.78. The zero-order valence-corrected chi connectivity index (χ0v) is 13.2. The Bertz CT molecular complexity index is 549. The van der Waals surface area contributed by atoms with Gasteiger partial charge in [-0.15, -0.1) is 12.4 Å². The molecule has 6 heteroatoms. The van der Waals surface area contributed by atoms with Crippen LogP contribution in [0, 0.1) is 0 Å². The van der Waals surface area contributed by atoms with Gasteiger partial charge in [0.25, 0.3) is 5.91 Å². The number of rotatable bonds is 4. The first kappa shape index (κ1) is 16.8. The average Bonchev–Trinajstić information content (AvgIpc) is 3.03. The van der Waals surface area contributed by atoms with Gasteiger partial charge in [-0.1, -0.05) is 12.8 Å². The lowest BCUT2D eigenvalue weighted by atomic mass is 10.1. The maximum Gasteiger partial charge on any atom is 0.251 e. The van der Waals surface area contributed by atoms with E-state index in [1.807, 2.05) is 0 Å². The highest BCUT2D eigenvalue weighted by atomic mass is 35.5. The van der Waals surface area contributed by atoms with Crippen LogP contribution in [0.4, 0.5) is 5.69 Å². The van der Waals surface area contributed by atoms with Crippen molar-refractivity contribution in [1.29, 1.82) is 0 Å². The summed E-state index contributed by atoms with van der Waals surface area (Å²) in [6.45, 7) is 0. The molecule has 2 amide bonds. The van der Waals surface area contributed by atoms with Crippen molar-refractivity contribution in [3.05, 3.63) is 29.8 Å². The molecule has 0 heterocycles. The highest BCUT2D eigenvalue weighted by Crippen LogP contribution is 2.33. The van der Waals surface area contributed by atoms with Crippen molar-refractivity contribution in [1.82, 2.24) is 5.32 Å². The van der Waals surface area contributed by atoms with E-state index in [9.17, 15) is 9.59 Å². The monoisotopic (exact) mass is 323 g/mol. The Kier molecular flexibility index (Phi) is 5.08. The summed E-state index contributed by atoms with van der Waals surface area (Å²) in [4.78, 5) is 23.9. The van der Waals surface area contributed by atoms with Gasteiger partial charge in [-0.25, -0.2) is 0 Å². The fraction of sp³-hybridized carbons (Fsp3) is 0.500. The van der Waals surface area contributed by atoms with Gasteiger partial charge in [0.05, 0.1) is 5.54 Å².